The summed E-state index contributed by atoms with van der Waals surface area (Å²) in [6, 6.07) is 19.5. The van der Waals surface area contributed by atoms with Crippen LogP contribution in [-0.4, -0.2) is 33.6 Å². The Morgan fingerprint density at radius 1 is 1.09 bits per heavy atom. The minimum absolute atomic E-state index is 0.244. The minimum atomic E-state index is -3.74. The molecule has 2 N–H and O–H groups in total. The van der Waals surface area contributed by atoms with Gasteiger partial charge >= 0.3 is 0 Å². The lowest BCUT2D eigenvalue weighted by molar-refractivity contribution is 0.308. The number of hydrogen-bond acceptors (Lipinski definition) is 6. The zero-order chi connectivity index (χ0) is 22.7. The Morgan fingerprint density at radius 3 is 2.47 bits per heavy atom. The molecule has 4 rings (SSSR count). The largest absolute Gasteiger partial charge is 0.487 e. The van der Waals surface area contributed by atoms with Crippen LogP contribution in [0.25, 0.3) is 0 Å². The van der Waals surface area contributed by atoms with E-state index in [0.29, 0.717) is 30.1 Å². The highest BCUT2D eigenvalue weighted by molar-refractivity contribution is 9.11. The van der Waals surface area contributed by atoms with Gasteiger partial charge in [0, 0.05) is 30.9 Å². The van der Waals surface area contributed by atoms with Crippen LogP contribution in [-0.2, 0) is 16.6 Å². The Labute approximate surface area is 201 Å². The highest BCUT2D eigenvalue weighted by Gasteiger charge is 2.24. The van der Waals surface area contributed by atoms with E-state index in [1.165, 1.54) is 11.3 Å². The highest BCUT2D eigenvalue weighted by Crippen LogP contribution is 2.34. The molecule has 0 amide bonds. The molecule has 0 radical (unpaired) electrons. The summed E-state index contributed by atoms with van der Waals surface area (Å²) < 4.78 is 35.8. The molecule has 0 spiro atoms. The summed E-state index contributed by atoms with van der Waals surface area (Å²) in [5.74, 6) is 0.494. The summed E-state index contributed by atoms with van der Waals surface area (Å²) in [6.07, 6.45) is 0. The maximum atomic E-state index is 13.0. The van der Waals surface area contributed by atoms with Crippen molar-refractivity contribution in [2.24, 2.45) is 0 Å². The number of nitrogens with one attached hydrogen (secondary N) is 2. The van der Waals surface area contributed by atoms with E-state index in [1.807, 2.05) is 48.5 Å². The molecule has 9 heteroatoms. The zero-order valence-electron chi connectivity index (χ0n) is 17.9. The first-order chi connectivity index (χ1) is 15.3. The zero-order valence-corrected chi connectivity index (χ0v) is 21.1. The van der Waals surface area contributed by atoms with E-state index in [2.05, 4.69) is 44.7 Å². The van der Waals surface area contributed by atoms with Gasteiger partial charge < -0.3 is 15.0 Å². The summed E-state index contributed by atoms with van der Waals surface area (Å²) >= 11 is 4.51. The number of anilines is 2. The maximum absolute atomic E-state index is 13.0. The second kappa shape index (κ2) is 9.82. The van der Waals surface area contributed by atoms with Gasteiger partial charge in [0.25, 0.3) is 10.0 Å². The van der Waals surface area contributed by atoms with E-state index in [-0.39, 0.29) is 4.21 Å². The molecule has 2 heterocycles. The van der Waals surface area contributed by atoms with Crippen LogP contribution in [0.15, 0.2) is 68.7 Å². The fraction of sp³-hybridized carbons (Fsp3) is 0.304. The van der Waals surface area contributed by atoms with Gasteiger partial charge in [0.15, 0.2) is 0 Å². The van der Waals surface area contributed by atoms with Gasteiger partial charge in [-0.2, -0.15) is 0 Å². The molecule has 1 aliphatic rings. The van der Waals surface area contributed by atoms with E-state index in [9.17, 15) is 8.42 Å². The number of piperazine rings is 1. The summed E-state index contributed by atoms with van der Waals surface area (Å²) in [5, 5.41) is 3.52. The third-order valence-electron chi connectivity index (χ3n) is 5.18. The maximum Gasteiger partial charge on any atom is 0.271 e. The average molecular weight is 537 g/mol. The number of benzene rings is 2. The number of thiophene rings is 1. The van der Waals surface area contributed by atoms with Gasteiger partial charge in [-0.3, -0.25) is 4.72 Å². The van der Waals surface area contributed by atoms with Crippen molar-refractivity contribution in [1.29, 1.82) is 0 Å². The molecule has 2 atom stereocenters. The number of rotatable bonds is 7. The summed E-state index contributed by atoms with van der Waals surface area (Å²) in [6.45, 7) is 6.34. The highest BCUT2D eigenvalue weighted by atomic mass is 79.9. The fourth-order valence-electron chi connectivity index (χ4n) is 3.83. The normalized spacial score (nSPS) is 19.0. The van der Waals surface area contributed by atoms with Crippen molar-refractivity contribution in [3.63, 3.8) is 0 Å². The van der Waals surface area contributed by atoms with Crippen LogP contribution >= 0.6 is 27.3 Å². The molecule has 170 valence electrons. The van der Waals surface area contributed by atoms with Crippen molar-refractivity contribution in [2.75, 3.05) is 22.7 Å². The number of ether oxygens (including phenoxy) is 1. The van der Waals surface area contributed by atoms with Gasteiger partial charge in [0.2, 0.25) is 0 Å². The Morgan fingerprint density at radius 2 is 1.81 bits per heavy atom. The van der Waals surface area contributed by atoms with Gasteiger partial charge in [-0.25, -0.2) is 8.42 Å². The average Bonchev–Trinajstić information content (AvgIpc) is 3.20. The van der Waals surface area contributed by atoms with Gasteiger partial charge in [0.1, 0.15) is 16.6 Å². The molecule has 32 heavy (non-hydrogen) atoms. The van der Waals surface area contributed by atoms with Crippen molar-refractivity contribution in [1.82, 2.24) is 5.32 Å². The van der Waals surface area contributed by atoms with E-state index in [4.69, 9.17) is 4.74 Å². The molecule has 2 aromatic carbocycles. The molecular formula is C23H26BrN3O3S2. The SMILES string of the molecule is CC1CN(c2ccc(OCc3ccccc3)c(NS(=O)(=O)c3ccc(Br)s3)c2)CC(C)N1. The van der Waals surface area contributed by atoms with Crippen LogP contribution in [0.5, 0.6) is 5.75 Å². The van der Waals surface area contributed by atoms with Crippen LogP contribution in [0, 0.1) is 0 Å². The summed E-state index contributed by atoms with van der Waals surface area (Å²) in [5.41, 5.74) is 2.40. The van der Waals surface area contributed by atoms with Crippen molar-refractivity contribution in [3.05, 3.63) is 70.0 Å². The molecule has 1 aliphatic heterocycles. The second-order valence-corrected chi connectivity index (χ2v) is 12.4. The molecule has 0 saturated carbocycles. The quantitative estimate of drug-likeness (QED) is 0.441. The summed E-state index contributed by atoms with van der Waals surface area (Å²) in [4.78, 5) is 2.27. The molecular weight excluding hydrogens is 510 g/mol. The van der Waals surface area contributed by atoms with E-state index >= 15 is 0 Å². The first-order valence-electron chi connectivity index (χ1n) is 10.4. The number of sulfonamides is 1. The van der Waals surface area contributed by atoms with E-state index in [1.54, 1.807) is 12.1 Å². The molecule has 6 nitrogen and oxygen atoms in total. The third-order valence-corrected chi connectivity index (χ3v) is 8.66. The third kappa shape index (κ3) is 5.64. The van der Waals surface area contributed by atoms with E-state index in [0.717, 1.165) is 28.1 Å². The van der Waals surface area contributed by atoms with Crippen LogP contribution < -0.4 is 19.7 Å². The van der Waals surface area contributed by atoms with Crippen LogP contribution in [0.2, 0.25) is 0 Å². The standard InChI is InChI=1S/C23H26BrN3O3S2/c1-16-13-27(14-17(2)25-16)19-8-9-21(30-15-18-6-4-3-5-7-18)20(12-19)26-32(28,29)23-11-10-22(24)31-23/h3-12,16-17,25-26H,13-15H2,1-2H3. The van der Waals surface area contributed by atoms with Crippen LogP contribution in [0.4, 0.5) is 11.4 Å². The predicted molar refractivity (Wildman–Crippen MR) is 134 cm³/mol. The Hall–Kier alpha value is -2.07. The van der Waals surface area contributed by atoms with Crippen LogP contribution in [0.3, 0.4) is 0 Å². The van der Waals surface area contributed by atoms with Gasteiger partial charge in [0.05, 0.1) is 9.47 Å². The molecule has 2 unspecified atom stereocenters. The molecule has 1 aromatic heterocycles. The van der Waals surface area contributed by atoms with Crippen molar-refractivity contribution in [2.45, 2.75) is 36.7 Å². The monoisotopic (exact) mass is 535 g/mol. The second-order valence-electron chi connectivity index (χ2n) is 7.99. The van der Waals surface area contributed by atoms with Gasteiger partial charge in [-0.05, 0) is 65.7 Å². The smallest absolute Gasteiger partial charge is 0.271 e. The topological polar surface area (TPSA) is 70.7 Å². The lowest BCUT2D eigenvalue weighted by Gasteiger charge is -2.38. The predicted octanol–water partition coefficient (Wildman–Crippen LogP) is 5.08. The first kappa shape index (κ1) is 23.1. The van der Waals surface area contributed by atoms with E-state index < -0.39 is 10.0 Å². The van der Waals surface area contributed by atoms with Crippen molar-refractivity contribution < 1.29 is 13.2 Å². The number of hydrogen-bond donors (Lipinski definition) is 2. The van der Waals surface area contributed by atoms with Crippen molar-refractivity contribution in [3.8, 4) is 5.75 Å². The molecule has 3 aromatic rings. The molecule has 0 aliphatic carbocycles. The molecule has 1 saturated heterocycles. The summed E-state index contributed by atoms with van der Waals surface area (Å²) in [7, 11) is -3.74. The molecule has 1 fully saturated rings. The number of halogens is 1. The van der Waals surface area contributed by atoms with Gasteiger partial charge in [-0.15, -0.1) is 11.3 Å². The lowest BCUT2D eigenvalue weighted by atomic mass is 10.1. The number of nitrogens with zero attached hydrogens (tertiary/aromatic N) is 1. The fourth-order valence-corrected chi connectivity index (χ4v) is 6.90. The van der Waals surface area contributed by atoms with Gasteiger partial charge in [-0.1, -0.05) is 30.3 Å². The lowest BCUT2D eigenvalue weighted by Crippen LogP contribution is -2.54. The molecule has 0 bridgehead atoms. The van der Waals surface area contributed by atoms with Crippen LogP contribution in [0.1, 0.15) is 19.4 Å². The minimum Gasteiger partial charge on any atom is -0.487 e. The van der Waals surface area contributed by atoms with Crippen molar-refractivity contribution >= 4 is 48.7 Å². The Kier molecular flexibility index (Phi) is 7.09. The first-order valence-corrected chi connectivity index (χ1v) is 13.5. The Bertz CT molecular complexity index is 1160. The Balaban J connectivity index is 1.64.